The summed E-state index contributed by atoms with van der Waals surface area (Å²) in [5, 5.41) is 0. The molecular weight excluding hydrogens is 300 g/mol. The predicted molar refractivity (Wildman–Crippen MR) is 98.8 cm³/mol. The van der Waals surface area contributed by atoms with E-state index in [9.17, 15) is 9.59 Å². The Morgan fingerprint density at radius 2 is 1.79 bits per heavy atom. The third-order valence-corrected chi connectivity index (χ3v) is 5.26. The van der Waals surface area contributed by atoms with Gasteiger partial charge < -0.3 is 4.74 Å². The van der Waals surface area contributed by atoms with Crippen LogP contribution in [0, 0.1) is 11.8 Å². The summed E-state index contributed by atoms with van der Waals surface area (Å²) < 4.78 is 4.56. The Balaban J connectivity index is 2.15. The first-order chi connectivity index (χ1) is 11.7. The zero-order valence-corrected chi connectivity index (χ0v) is 15.7. The van der Waals surface area contributed by atoms with E-state index in [0.29, 0.717) is 17.6 Å². The van der Waals surface area contributed by atoms with Crippen LogP contribution in [-0.4, -0.2) is 18.9 Å². The minimum Gasteiger partial charge on any atom is -0.466 e. The number of carbonyl (C=O) groups is 2. The Labute approximate surface area is 148 Å². The fourth-order valence-corrected chi connectivity index (χ4v) is 3.78. The molecule has 0 radical (unpaired) electrons. The Morgan fingerprint density at radius 3 is 2.54 bits per heavy atom. The molecule has 0 heterocycles. The van der Waals surface area contributed by atoms with E-state index in [1.54, 1.807) is 0 Å². The Hall–Kier alpha value is -1.12. The summed E-state index contributed by atoms with van der Waals surface area (Å²) in [5.41, 5.74) is 0. The summed E-state index contributed by atoms with van der Waals surface area (Å²) in [5.74, 6) is 1.15. The second-order valence-electron chi connectivity index (χ2n) is 7.14. The number of allylic oxidation sites excluding steroid dienone is 1. The van der Waals surface area contributed by atoms with Crippen LogP contribution in [0.15, 0.2) is 12.2 Å². The predicted octanol–water partition coefficient (Wildman–Crippen LogP) is 5.62. The monoisotopic (exact) mass is 336 g/mol. The molecule has 0 saturated heterocycles. The molecule has 0 aromatic carbocycles. The van der Waals surface area contributed by atoms with Crippen molar-refractivity contribution in [3.8, 4) is 0 Å². The number of ketones is 1. The molecule has 0 aliphatic heterocycles. The van der Waals surface area contributed by atoms with E-state index < -0.39 is 0 Å². The SMILES string of the molecule is CCCCCCCC[C@H]1CCC(=O)[C@@H]1CCCCC=CC(=O)OC. The highest BCUT2D eigenvalue weighted by atomic mass is 16.5. The maximum Gasteiger partial charge on any atom is 0.330 e. The second-order valence-corrected chi connectivity index (χ2v) is 7.14. The van der Waals surface area contributed by atoms with Gasteiger partial charge in [0.1, 0.15) is 5.78 Å². The van der Waals surface area contributed by atoms with Crippen LogP contribution in [0.3, 0.4) is 0 Å². The van der Waals surface area contributed by atoms with Gasteiger partial charge in [0.15, 0.2) is 0 Å². The van der Waals surface area contributed by atoms with Gasteiger partial charge in [0.25, 0.3) is 0 Å². The van der Waals surface area contributed by atoms with Crippen molar-refractivity contribution in [3.05, 3.63) is 12.2 Å². The number of rotatable bonds is 13. The average molecular weight is 337 g/mol. The van der Waals surface area contributed by atoms with Crippen LogP contribution in [0.4, 0.5) is 0 Å². The van der Waals surface area contributed by atoms with E-state index in [0.717, 1.165) is 38.5 Å². The molecule has 24 heavy (non-hydrogen) atoms. The summed E-state index contributed by atoms with van der Waals surface area (Å²) >= 11 is 0. The van der Waals surface area contributed by atoms with Gasteiger partial charge in [-0.05, 0) is 38.0 Å². The van der Waals surface area contributed by atoms with Gasteiger partial charge in [0.05, 0.1) is 7.11 Å². The lowest BCUT2D eigenvalue weighted by molar-refractivity contribution is -0.134. The molecular formula is C21H36O3. The molecule has 1 fully saturated rings. The highest BCUT2D eigenvalue weighted by Gasteiger charge is 2.33. The average Bonchev–Trinajstić information content (AvgIpc) is 2.94. The van der Waals surface area contributed by atoms with Gasteiger partial charge in [-0.2, -0.15) is 0 Å². The summed E-state index contributed by atoms with van der Waals surface area (Å²) in [6.45, 7) is 2.25. The summed E-state index contributed by atoms with van der Waals surface area (Å²) in [4.78, 5) is 23.1. The van der Waals surface area contributed by atoms with Crippen molar-refractivity contribution in [3.63, 3.8) is 0 Å². The number of carbonyl (C=O) groups excluding carboxylic acids is 2. The van der Waals surface area contributed by atoms with Crippen molar-refractivity contribution < 1.29 is 14.3 Å². The summed E-state index contributed by atoms with van der Waals surface area (Å²) in [6.07, 6.45) is 18.5. The first-order valence-electron chi connectivity index (χ1n) is 9.96. The van der Waals surface area contributed by atoms with Crippen LogP contribution < -0.4 is 0 Å². The van der Waals surface area contributed by atoms with Gasteiger partial charge in [-0.3, -0.25) is 4.79 Å². The van der Waals surface area contributed by atoms with E-state index in [2.05, 4.69) is 11.7 Å². The number of ether oxygens (including phenoxy) is 1. The largest absolute Gasteiger partial charge is 0.466 e. The lowest BCUT2D eigenvalue weighted by Crippen LogP contribution is -2.14. The maximum absolute atomic E-state index is 12.1. The Kier molecular flexibility index (Phi) is 11.5. The third-order valence-electron chi connectivity index (χ3n) is 5.26. The van der Waals surface area contributed by atoms with Crippen LogP contribution >= 0.6 is 0 Å². The number of unbranched alkanes of at least 4 members (excludes halogenated alkanes) is 7. The zero-order valence-electron chi connectivity index (χ0n) is 15.7. The standard InChI is InChI=1S/C21H36O3/c1-3-4-5-6-7-10-13-18-16-17-20(22)19(18)14-11-8-9-12-15-21(23)24-2/h12,15,18-19H,3-11,13-14,16-17H2,1-2H3/t18-,19+/m0/s1. The van der Waals surface area contributed by atoms with Gasteiger partial charge in [-0.15, -0.1) is 0 Å². The molecule has 1 saturated carbocycles. The van der Waals surface area contributed by atoms with Crippen molar-refractivity contribution in [1.82, 2.24) is 0 Å². The number of Topliss-reactive ketones (excluding diaryl/α,β-unsaturated/α-hetero) is 1. The Bertz CT molecular complexity index is 387. The van der Waals surface area contributed by atoms with Gasteiger partial charge in [0.2, 0.25) is 0 Å². The van der Waals surface area contributed by atoms with E-state index in [-0.39, 0.29) is 5.97 Å². The minimum atomic E-state index is -0.292. The Morgan fingerprint density at radius 1 is 1.08 bits per heavy atom. The van der Waals surface area contributed by atoms with Gasteiger partial charge >= 0.3 is 5.97 Å². The van der Waals surface area contributed by atoms with Gasteiger partial charge in [-0.25, -0.2) is 4.79 Å². The lowest BCUT2D eigenvalue weighted by Gasteiger charge is -2.18. The van der Waals surface area contributed by atoms with Crippen molar-refractivity contribution in [2.24, 2.45) is 11.8 Å². The van der Waals surface area contributed by atoms with Crippen molar-refractivity contribution in [2.75, 3.05) is 7.11 Å². The summed E-state index contributed by atoms with van der Waals surface area (Å²) in [6, 6.07) is 0. The van der Waals surface area contributed by atoms with E-state index in [1.807, 2.05) is 6.08 Å². The number of hydrogen-bond acceptors (Lipinski definition) is 3. The van der Waals surface area contributed by atoms with Crippen LogP contribution in [0.5, 0.6) is 0 Å². The molecule has 1 rings (SSSR count). The second kappa shape index (κ2) is 13.2. The van der Waals surface area contributed by atoms with Crippen molar-refractivity contribution in [1.29, 1.82) is 0 Å². The van der Waals surface area contributed by atoms with Crippen LogP contribution in [0.25, 0.3) is 0 Å². The molecule has 3 heteroatoms. The smallest absolute Gasteiger partial charge is 0.330 e. The number of hydrogen-bond donors (Lipinski definition) is 0. The van der Waals surface area contributed by atoms with E-state index >= 15 is 0 Å². The molecule has 138 valence electrons. The highest BCUT2D eigenvalue weighted by Crippen LogP contribution is 2.36. The molecule has 1 aliphatic carbocycles. The normalized spacial score (nSPS) is 20.8. The number of methoxy groups -OCH3 is 1. The van der Waals surface area contributed by atoms with Crippen molar-refractivity contribution in [2.45, 2.75) is 90.4 Å². The molecule has 0 aromatic rings. The van der Waals surface area contributed by atoms with Gasteiger partial charge in [0, 0.05) is 18.4 Å². The zero-order chi connectivity index (χ0) is 17.6. The first-order valence-corrected chi connectivity index (χ1v) is 9.96. The molecule has 0 spiro atoms. The van der Waals surface area contributed by atoms with Crippen molar-refractivity contribution >= 4 is 11.8 Å². The topological polar surface area (TPSA) is 43.4 Å². The fourth-order valence-electron chi connectivity index (χ4n) is 3.78. The third kappa shape index (κ3) is 8.65. The molecule has 0 aromatic heterocycles. The van der Waals surface area contributed by atoms with Crippen LogP contribution in [0.2, 0.25) is 0 Å². The van der Waals surface area contributed by atoms with E-state index in [1.165, 1.54) is 58.1 Å². The lowest BCUT2D eigenvalue weighted by atomic mass is 9.86. The van der Waals surface area contributed by atoms with Gasteiger partial charge in [-0.1, -0.05) is 57.9 Å². The highest BCUT2D eigenvalue weighted by molar-refractivity contribution is 5.83. The molecule has 2 atom stereocenters. The quantitative estimate of drug-likeness (QED) is 0.249. The van der Waals surface area contributed by atoms with E-state index in [4.69, 9.17) is 0 Å². The molecule has 1 aliphatic rings. The van der Waals surface area contributed by atoms with Crippen LogP contribution in [0.1, 0.15) is 90.4 Å². The summed E-state index contributed by atoms with van der Waals surface area (Å²) in [7, 11) is 1.39. The fraction of sp³-hybridized carbons (Fsp3) is 0.810. The minimum absolute atomic E-state index is 0.292. The first kappa shape index (κ1) is 20.9. The maximum atomic E-state index is 12.1. The molecule has 3 nitrogen and oxygen atoms in total. The molecule has 0 N–H and O–H groups in total. The number of esters is 1. The molecule has 0 bridgehead atoms. The van der Waals surface area contributed by atoms with Crippen LogP contribution in [-0.2, 0) is 14.3 Å². The molecule has 0 amide bonds. The molecule has 0 unspecified atom stereocenters.